The first-order valence-electron chi connectivity index (χ1n) is 11.7. The summed E-state index contributed by atoms with van der Waals surface area (Å²) in [4.78, 5) is 38.6. The zero-order valence-corrected chi connectivity index (χ0v) is 21.8. The van der Waals surface area contributed by atoms with E-state index in [1.54, 1.807) is 6.07 Å². The highest BCUT2D eigenvalue weighted by molar-refractivity contribution is 7.80. The SMILES string of the molecule is O=C(O)c1ccc(O)cc1C(=O)Oc1ccc(S(=O)Oc2ccc(OOCc3cc(O)ccc3COO)cc2)cc1. The highest BCUT2D eigenvalue weighted by atomic mass is 32.2. The first-order valence-corrected chi connectivity index (χ1v) is 12.8. The third-order valence-corrected chi connectivity index (χ3v) is 6.46. The highest BCUT2D eigenvalue weighted by Gasteiger charge is 2.19. The van der Waals surface area contributed by atoms with Crippen molar-refractivity contribution in [3.63, 3.8) is 0 Å². The van der Waals surface area contributed by atoms with Gasteiger partial charge < -0.3 is 29.1 Å². The van der Waals surface area contributed by atoms with Crippen molar-refractivity contribution in [1.29, 1.82) is 0 Å². The van der Waals surface area contributed by atoms with Crippen molar-refractivity contribution in [2.75, 3.05) is 0 Å². The van der Waals surface area contributed by atoms with E-state index < -0.39 is 23.0 Å². The number of hydrogen-bond acceptors (Lipinski definition) is 11. The van der Waals surface area contributed by atoms with Crippen molar-refractivity contribution in [3.05, 3.63) is 107 Å². The van der Waals surface area contributed by atoms with Gasteiger partial charge in [-0.15, -0.1) is 0 Å². The lowest BCUT2D eigenvalue weighted by atomic mass is 10.1. The van der Waals surface area contributed by atoms with Crippen molar-refractivity contribution in [2.45, 2.75) is 18.1 Å². The van der Waals surface area contributed by atoms with Gasteiger partial charge in [0.05, 0.1) is 16.0 Å². The number of rotatable bonds is 12. The number of carboxylic acids is 1. The van der Waals surface area contributed by atoms with Gasteiger partial charge in [-0.25, -0.2) is 18.7 Å². The van der Waals surface area contributed by atoms with Crippen LogP contribution >= 0.6 is 0 Å². The Labute approximate surface area is 235 Å². The molecule has 4 aromatic carbocycles. The van der Waals surface area contributed by atoms with Gasteiger partial charge >= 0.3 is 11.9 Å². The zero-order valence-electron chi connectivity index (χ0n) is 21.0. The molecule has 0 radical (unpaired) electrons. The summed E-state index contributed by atoms with van der Waals surface area (Å²) >= 11 is -1.93. The predicted octanol–water partition coefficient (Wildman–Crippen LogP) is 4.62. The van der Waals surface area contributed by atoms with E-state index in [-0.39, 0.29) is 52.2 Å². The number of ether oxygens (including phenoxy) is 1. The molecule has 4 aromatic rings. The van der Waals surface area contributed by atoms with Gasteiger partial charge in [0.15, 0.2) is 5.75 Å². The van der Waals surface area contributed by atoms with Crippen molar-refractivity contribution in [2.24, 2.45) is 0 Å². The van der Waals surface area contributed by atoms with Gasteiger partial charge in [0.2, 0.25) is 11.1 Å². The second kappa shape index (κ2) is 13.4. The van der Waals surface area contributed by atoms with E-state index in [9.17, 15) is 29.1 Å². The van der Waals surface area contributed by atoms with Crippen LogP contribution in [-0.4, -0.2) is 36.7 Å². The molecule has 0 fully saturated rings. The Morgan fingerprint density at radius 1 is 0.707 bits per heavy atom. The summed E-state index contributed by atoms with van der Waals surface area (Å²) in [7, 11) is 0. The van der Waals surface area contributed by atoms with Gasteiger partial charge in [0.25, 0.3) is 0 Å². The Bertz CT molecular complexity index is 1550. The Kier molecular flexibility index (Phi) is 9.50. The normalized spacial score (nSPS) is 11.4. The number of phenols is 2. The lowest BCUT2D eigenvalue weighted by Crippen LogP contribution is -2.14. The Morgan fingerprint density at radius 3 is 2.02 bits per heavy atom. The number of carbonyl (C=O) groups is 2. The molecule has 0 aromatic heterocycles. The van der Waals surface area contributed by atoms with Crippen LogP contribution in [0.3, 0.4) is 0 Å². The standard InChI is InChI=1S/C28H22O12S/c29-19-2-1-17(15-36-34)18(13-19)16-37-39-22-4-6-23(7-5-22)40-41(35)24-10-8-21(9-11-24)38-28(33)26-14-20(30)3-12-25(26)27(31)32/h1-14,29-30,34H,15-16H2,(H,31,32). The molecular weight excluding hydrogens is 560 g/mol. The number of benzene rings is 4. The largest absolute Gasteiger partial charge is 0.508 e. The number of hydrogen-bond donors (Lipinski definition) is 4. The molecule has 0 aliphatic carbocycles. The van der Waals surface area contributed by atoms with Gasteiger partial charge in [-0.2, -0.15) is 4.89 Å². The quantitative estimate of drug-likeness (QED) is 0.0790. The average molecular weight is 583 g/mol. The summed E-state index contributed by atoms with van der Waals surface area (Å²) in [5.41, 5.74) is 0.474. The minimum Gasteiger partial charge on any atom is -0.508 e. The van der Waals surface area contributed by atoms with Gasteiger partial charge in [-0.1, -0.05) is 6.07 Å². The Morgan fingerprint density at radius 2 is 1.34 bits per heavy atom. The molecule has 1 unspecified atom stereocenters. The summed E-state index contributed by atoms with van der Waals surface area (Å²) in [6.07, 6.45) is 0. The fourth-order valence-electron chi connectivity index (χ4n) is 3.47. The smallest absolute Gasteiger partial charge is 0.344 e. The maximum atomic E-state index is 12.6. The van der Waals surface area contributed by atoms with Crippen LogP contribution in [0.25, 0.3) is 0 Å². The molecule has 0 aliphatic heterocycles. The first-order chi connectivity index (χ1) is 19.7. The molecule has 0 spiro atoms. The summed E-state index contributed by atoms with van der Waals surface area (Å²) in [5, 5.41) is 37.2. The molecule has 12 nitrogen and oxygen atoms in total. The second-order valence-electron chi connectivity index (χ2n) is 8.26. The fourth-order valence-corrected chi connectivity index (χ4v) is 4.21. The molecule has 0 saturated heterocycles. The molecule has 0 aliphatic rings. The maximum absolute atomic E-state index is 12.6. The van der Waals surface area contributed by atoms with Gasteiger partial charge in [-0.3, -0.25) is 5.26 Å². The number of carboxylic acid groups (broad SMARTS) is 1. The molecule has 0 heterocycles. The van der Waals surface area contributed by atoms with Crippen LogP contribution in [0, 0.1) is 0 Å². The predicted molar refractivity (Wildman–Crippen MR) is 141 cm³/mol. The topological polar surface area (TPSA) is 178 Å². The molecule has 0 bridgehead atoms. The van der Waals surface area contributed by atoms with Crippen LogP contribution < -0.4 is 13.8 Å². The van der Waals surface area contributed by atoms with Crippen LogP contribution in [-0.2, 0) is 34.1 Å². The molecule has 41 heavy (non-hydrogen) atoms. The van der Waals surface area contributed by atoms with E-state index in [4.69, 9.17) is 24.0 Å². The monoisotopic (exact) mass is 582 g/mol. The van der Waals surface area contributed by atoms with Gasteiger partial charge in [-0.05, 0) is 90.0 Å². The minimum absolute atomic E-state index is 0.0121. The van der Waals surface area contributed by atoms with Crippen LogP contribution in [0.4, 0.5) is 0 Å². The molecular formula is C28H22O12S. The molecule has 0 saturated carbocycles. The number of carbonyl (C=O) groups excluding carboxylic acids is 1. The number of aromatic carboxylic acids is 1. The van der Waals surface area contributed by atoms with Crippen LogP contribution in [0.2, 0.25) is 0 Å². The van der Waals surface area contributed by atoms with E-state index >= 15 is 0 Å². The van der Waals surface area contributed by atoms with Crippen molar-refractivity contribution >= 4 is 23.0 Å². The zero-order chi connectivity index (χ0) is 29.4. The highest BCUT2D eigenvalue weighted by Crippen LogP contribution is 2.24. The molecule has 13 heteroatoms. The molecule has 4 rings (SSSR count). The summed E-state index contributed by atoms with van der Waals surface area (Å²) in [6.45, 7) is -0.141. The van der Waals surface area contributed by atoms with Gasteiger partial charge in [0, 0.05) is 0 Å². The van der Waals surface area contributed by atoms with E-state index in [2.05, 4.69) is 4.89 Å². The van der Waals surface area contributed by atoms with E-state index in [1.165, 1.54) is 60.7 Å². The minimum atomic E-state index is -1.93. The Balaban J connectivity index is 1.31. The van der Waals surface area contributed by atoms with E-state index in [0.29, 0.717) is 16.9 Å². The second-order valence-corrected chi connectivity index (χ2v) is 9.36. The van der Waals surface area contributed by atoms with Crippen molar-refractivity contribution in [3.8, 4) is 28.7 Å². The van der Waals surface area contributed by atoms with Crippen molar-refractivity contribution in [1.82, 2.24) is 0 Å². The molecule has 212 valence electrons. The third kappa shape index (κ3) is 7.80. The van der Waals surface area contributed by atoms with Crippen LogP contribution in [0.1, 0.15) is 31.8 Å². The van der Waals surface area contributed by atoms with Gasteiger partial charge in [0.1, 0.15) is 36.2 Å². The maximum Gasteiger partial charge on any atom is 0.344 e. The van der Waals surface area contributed by atoms with Crippen molar-refractivity contribution < 1.29 is 58.0 Å². The fraction of sp³-hybridized carbons (Fsp3) is 0.0714. The lowest BCUT2D eigenvalue weighted by molar-refractivity contribution is -0.253. The molecule has 1 atom stereocenters. The number of aromatic hydroxyl groups is 2. The number of phenolic OH excluding ortho intramolecular Hbond substituents is 2. The van der Waals surface area contributed by atoms with E-state index in [0.717, 1.165) is 18.2 Å². The molecule has 0 amide bonds. The first kappa shape index (κ1) is 29.0. The van der Waals surface area contributed by atoms with E-state index in [1.807, 2.05) is 0 Å². The molecule has 4 N–H and O–H groups in total. The van der Waals surface area contributed by atoms with Crippen LogP contribution in [0.5, 0.6) is 28.7 Å². The summed E-state index contributed by atoms with van der Waals surface area (Å²) < 4.78 is 23.3. The lowest BCUT2D eigenvalue weighted by Gasteiger charge is -2.10. The summed E-state index contributed by atoms with van der Waals surface area (Å²) in [5.74, 6) is -2.01. The third-order valence-electron chi connectivity index (χ3n) is 5.46. The Hall–Kier alpha value is -4.95. The number of esters is 1. The summed E-state index contributed by atoms with van der Waals surface area (Å²) in [6, 6.07) is 19.3. The average Bonchev–Trinajstić information content (AvgIpc) is 2.95. The van der Waals surface area contributed by atoms with Crippen LogP contribution in [0.15, 0.2) is 89.8 Å².